The van der Waals surface area contributed by atoms with Gasteiger partial charge in [-0.15, -0.1) is 0 Å². The predicted octanol–water partition coefficient (Wildman–Crippen LogP) is 3.31. The quantitative estimate of drug-likeness (QED) is 0.850. The van der Waals surface area contributed by atoms with Crippen molar-refractivity contribution in [3.63, 3.8) is 0 Å². The van der Waals surface area contributed by atoms with Crippen molar-refractivity contribution in [1.29, 1.82) is 0 Å². The molecule has 94 valence electrons. The Kier molecular flexibility index (Phi) is 3.43. The first-order valence-electron chi connectivity index (χ1n) is 6.52. The maximum Gasteiger partial charge on any atom is 0.123 e. The standard InChI is InChI=1S/C15H23NO/c1-11-7-6-10-15(16,12(11)2)13-8-4-5-9-14(13)17-3/h4-5,8-9,11-12H,6-7,10,16H2,1-3H3. The second kappa shape index (κ2) is 4.69. The molecule has 0 aromatic heterocycles. The van der Waals surface area contributed by atoms with Crippen LogP contribution in [0.15, 0.2) is 24.3 Å². The van der Waals surface area contributed by atoms with Crippen molar-refractivity contribution < 1.29 is 4.74 Å². The van der Waals surface area contributed by atoms with Gasteiger partial charge in [0.1, 0.15) is 5.75 Å². The van der Waals surface area contributed by atoms with E-state index in [0.717, 1.165) is 12.2 Å². The largest absolute Gasteiger partial charge is 0.496 e. The fourth-order valence-electron chi connectivity index (χ4n) is 3.11. The lowest BCUT2D eigenvalue weighted by atomic mass is 9.65. The van der Waals surface area contributed by atoms with Crippen LogP contribution in [0.3, 0.4) is 0 Å². The first-order chi connectivity index (χ1) is 8.09. The molecule has 17 heavy (non-hydrogen) atoms. The zero-order chi connectivity index (χ0) is 12.5. The van der Waals surface area contributed by atoms with Crippen LogP contribution in [0.1, 0.15) is 38.7 Å². The number of hydrogen-bond donors (Lipinski definition) is 1. The Balaban J connectivity index is 2.42. The van der Waals surface area contributed by atoms with Crippen LogP contribution in [0.4, 0.5) is 0 Å². The van der Waals surface area contributed by atoms with Crippen LogP contribution in [0.5, 0.6) is 5.75 Å². The summed E-state index contributed by atoms with van der Waals surface area (Å²) < 4.78 is 5.47. The SMILES string of the molecule is COc1ccccc1C1(N)CCCC(C)C1C. The first kappa shape index (κ1) is 12.4. The van der Waals surface area contributed by atoms with Crippen molar-refractivity contribution in [2.75, 3.05) is 7.11 Å². The van der Waals surface area contributed by atoms with Crippen molar-refractivity contribution in [1.82, 2.24) is 0 Å². The van der Waals surface area contributed by atoms with E-state index in [1.54, 1.807) is 7.11 Å². The van der Waals surface area contributed by atoms with E-state index in [9.17, 15) is 0 Å². The van der Waals surface area contributed by atoms with Gasteiger partial charge < -0.3 is 10.5 Å². The number of nitrogens with two attached hydrogens (primary N) is 1. The molecular weight excluding hydrogens is 210 g/mol. The van der Waals surface area contributed by atoms with Crippen LogP contribution in [0.25, 0.3) is 0 Å². The second-order valence-electron chi connectivity index (χ2n) is 5.40. The summed E-state index contributed by atoms with van der Waals surface area (Å²) in [5, 5.41) is 0. The topological polar surface area (TPSA) is 35.2 Å². The summed E-state index contributed by atoms with van der Waals surface area (Å²) in [6, 6.07) is 8.18. The minimum absolute atomic E-state index is 0.232. The third kappa shape index (κ3) is 2.06. The predicted molar refractivity (Wildman–Crippen MR) is 71.0 cm³/mol. The van der Waals surface area contributed by atoms with E-state index < -0.39 is 0 Å². The Morgan fingerprint density at radius 1 is 1.29 bits per heavy atom. The summed E-state index contributed by atoms with van der Waals surface area (Å²) in [4.78, 5) is 0. The summed E-state index contributed by atoms with van der Waals surface area (Å²) >= 11 is 0. The Bertz CT molecular complexity index is 390. The molecule has 1 aromatic rings. The smallest absolute Gasteiger partial charge is 0.123 e. The fraction of sp³-hybridized carbons (Fsp3) is 0.600. The van der Waals surface area contributed by atoms with E-state index >= 15 is 0 Å². The van der Waals surface area contributed by atoms with Gasteiger partial charge in [0.05, 0.1) is 7.11 Å². The highest BCUT2D eigenvalue weighted by molar-refractivity contribution is 5.39. The molecule has 0 saturated heterocycles. The molecule has 0 heterocycles. The Hall–Kier alpha value is -1.02. The molecule has 0 radical (unpaired) electrons. The van der Waals surface area contributed by atoms with Crippen LogP contribution in [0, 0.1) is 11.8 Å². The molecular formula is C15H23NO. The van der Waals surface area contributed by atoms with Gasteiger partial charge >= 0.3 is 0 Å². The molecule has 1 fully saturated rings. The number of ether oxygens (including phenoxy) is 1. The van der Waals surface area contributed by atoms with E-state index in [0.29, 0.717) is 11.8 Å². The van der Waals surface area contributed by atoms with Gasteiger partial charge in [-0.3, -0.25) is 0 Å². The van der Waals surface area contributed by atoms with Gasteiger partial charge in [-0.1, -0.05) is 44.9 Å². The Morgan fingerprint density at radius 3 is 2.71 bits per heavy atom. The zero-order valence-electron chi connectivity index (χ0n) is 11.1. The lowest BCUT2D eigenvalue weighted by Gasteiger charge is -2.44. The molecule has 1 aromatic carbocycles. The average Bonchev–Trinajstić information content (AvgIpc) is 2.36. The third-order valence-corrected chi connectivity index (χ3v) is 4.52. The van der Waals surface area contributed by atoms with Crippen molar-refractivity contribution in [3.8, 4) is 5.75 Å². The van der Waals surface area contributed by atoms with Gasteiger partial charge in [-0.05, 0) is 24.3 Å². The molecule has 1 aliphatic rings. The number of para-hydroxylation sites is 1. The van der Waals surface area contributed by atoms with E-state index in [1.165, 1.54) is 18.4 Å². The minimum atomic E-state index is -0.232. The highest BCUT2D eigenvalue weighted by Gasteiger charge is 2.41. The van der Waals surface area contributed by atoms with Gasteiger partial charge in [0, 0.05) is 11.1 Å². The Morgan fingerprint density at radius 2 is 2.00 bits per heavy atom. The molecule has 1 saturated carbocycles. The summed E-state index contributed by atoms with van der Waals surface area (Å²) in [6.07, 6.45) is 3.55. The Labute approximate surface area is 104 Å². The first-order valence-corrected chi connectivity index (χ1v) is 6.52. The van der Waals surface area contributed by atoms with Crippen molar-refractivity contribution in [3.05, 3.63) is 29.8 Å². The van der Waals surface area contributed by atoms with Gasteiger partial charge in [0.25, 0.3) is 0 Å². The molecule has 3 unspecified atom stereocenters. The highest BCUT2D eigenvalue weighted by Crippen LogP contribution is 2.45. The average molecular weight is 233 g/mol. The van der Waals surface area contributed by atoms with Crippen molar-refractivity contribution in [2.45, 2.75) is 38.6 Å². The van der Waals surface area contributed by atoms with Crippen LogP contribution in [-0.2, 0) is 5.54 Å². The molecule has 0 amide bonds. The summed E-state index contributed by atoms with van der Waals surface area (Å²) in [5.74, 6) is 2.10. The summed E-state index contributed by atoms with van der Waals surface area (Å²) in [7, 11) is 1.72. The summed E-state index contributed by atoms with van der Waals surface area (Å²) in [6.45, 7) is 4.58. The van der Waals surface area contributed by atoms with Gasteiger partial charge in [-0.25, -0.2) is 0 Å². The number of benzene rings is 1. The van der Waals surface area contributed by atoms with E-state index in [1.807, 2.05) is 12.1 Å². The molecule has 1 aliphatic carbocycles. The van der Waals surface area contributed by atoms with Crippen LogP contribution in [-0.4, -0.2) is 7.11 Å². The lowest BCUT2D eigenvalue weighted by Crippen LogP contribution is -2.48. The molecule has 2 nitrogen and oxygen atoms in total. The third-order valence-electron chi connectivity index (χ3n) is 4.52. The molecule has 2 N–H and O–H groups in total. The van der Waals surface area contributed by atoms with Gasteiger partial charge in [-0.2, -0.15) is 0 Å². The van der Waals surface area contributed by atoms with E-state index in [4.69, 9.17) is 10.5 Å². The molecule has 0 spiro atoms. The highest BCUT2D eigenvalue weighted by atomic mass is 16.5. The monoisotopic (exact) mass is 233 g/mol. The molecule has 2 heteroatoms. The van der Waals surface area contributed by atoms with E-state index in [2.05, 4.69) is 26.0 Å². The maximum atomic E-state index is 6.71. The number of rotatable bonds is 2. The van der Waals surface area contributed by atoms with Gasteiger partial charge in [0.2, 0.25) is 0 Å². The lowest BCUT2D eigenvalue weighted by molar-refractivity contribution is 0.140. The molecule has 0 bridgehead atoms. The normalized spacial score (nSPS) is 33.4. The van der Waals surface area contributed by atoms with Crippen LogP contribution >= 0.6 is 0 Å². The van der Waals surface area contributed by atoms with Gasteiger partial charge in [0.15, 0.2) is 0 Å². The molecule has 3 atom stereocenters. The minimum Gasteiger partial charge on any atom is -0.496 e. The number of hydrogen-bond acceptors (Lipinski definition) is 2. The van der Waals surface area contributed by atoms with E-state index in [-0.39, 0.29) is 5.54 Å². The summed E-state index contributed by atoms with van der Waals surface area (Å²) in [5.41, 5.74) is 7.65. The van der Waals surface area contributed by atoms with Crippen molar-refractivity contribution in [2.24, 2.45) is 17.6 Å². The van der Waals surface area contributed by atoms with Crippen molar-refractivity contribution >= 4 is 0 Å². The molecule has 2 rings (SSSR count). The van der Waals surface area contributed by atoms with Crippen LogP contribution in [0.2, 0.25) is 0 Å². The van der Waals surface area contributed by atoms with Crippen LogP contribution < -0.4 is 10.5 Å². The fourth-order valence-corrected chi connectivity index (χ4v) is 3.11. The zero-order valence-corrected chi connectivity index (χ0v) is 11.1. The maximum absolute atomic E-state index is 6.71. The number of methoxy groups -OCH3 is 1. The molecule has 0 aliphatic heterocycles. The second-order valence-corrected chi connectivity index (χ2v) is 5.40.